The lowest BCUT2D eigenvalue weighted by atomic mass is 10.0. The van der Waals surface area contributed by atoms with E-state index in [4.69, 9.17) is 15.9 Å². The van der Waals surface area contributed by atoms with E-state index in [1.807, 2.05) is 12.1 Å². The number of nitrogens with two attached hydrogens (primary N) is 1. The van der Waals surface area contributed by atoms with Crippen molar-refractivity contribution >= 4 is 17.4 Å². The Labute approximate surface area is 121 Å². The predicted molar refractivity (Wildman–Crippen MR) is 78.7 cm³/mol. The van der Waals surface area contributed by atoms with Crippen LogP contribution in [-0.2, 0) is 11.2 Å². The average molecular weight is 282 g/mol. The maximum atomic E-state index is 11.3. The molecule has 0 fully saturated rings. The van der Waals surface area contributed by atoms with Gasteiger partial charge in [-0.1, -0.05) is 0 Å². The molecule has 2 heterocycles. The Bertz CT molecular complexity index is 727. The molecule has 1 aromatic carbocycles. The minimum Gasteiger partial charge on any atom is -0.455 e. The minimum absolute atomic E-state index is 0.0299. The highest BCUT2D eigenvalue weighted by molar-refractivity contribution is 5.97. The standard InChI is InChI=1S/C15H14N4O2/c16-15(17)11-5-6-18-8-13(11)21-10-2-3-12-9(7-10)1-4-14(20)19-12/h2-3,5-8H,1,4H2,(H3,16,17)(H,19,20). The lowest BCUT2D eigenvalue weighted by Crippen LogP contribution is -2.18. The summed E-state index contributed by atoms with van der Waals surface area (Å²) in [5, 5.41) is 10.4. The summed E-state index contributed by atoms with van der Waals surface area (Å²) in [6, 6.07) is 7.09. The normalized spacial score (nSPS) is 13.2. The van der Waals surface area contributed by atoms with Gasteiger partial charge < -0.3 is 15.8 Å². The van der Waals surface area contributed by atoms with E-state index in [2.05, 4.69) is 10.3 Å². The number of amidine groups is 1. The largest absolute Gasteiger partial charge is 0.455 e. The molecular weight excluding hydrogens is 268 g/mol. The molecule has 1 aliphatic rings. The van der Waals surface area contributed by atoms with E-state index in [0.717, 1.165) is 11.3 Å². The van der Waals surface area contributed by atoms with Crippen molar-refractivity contribution in [3.63, 3.8) is 0 Å². The molecule has 0 atom stereocenters. The number of nitrogen functional groups attached to an aromatic ring is 1. The number of aromatic nitrogens is 1. The first-order valence-corrected chi connectivity index (χ1v) is 6.52. The fourth-order valence-electron chi connectivity index (χ4n) is 2.23. The van der Waals surface area contributed by atoms with Crippen molar-refractivity contribution in [2.45, 2.75) is 12.8 Å². The number of fused-ring (bicyclic) bond motifs is 1. The van der Waals surface area contributed by atoms with Crippen LogP contribution in [0.5, 0.6) is 11.5 Å². The molecule has 0 radical (unpaired) electrons. The summed E-state index contributed by atoms with van der Waals surface area (Å²) in [5.41, 5.74) is 7.86. The molecule has 0 bridgehead atoms. The van der Waals surface area contributed by atoms with Crippen LogP contribution in [0.4, 0.5) is 5.69 Å². The van der Waals surface area contributed by atoms with Crippen LogP contribution in [0, 0.1) is 5.41 Å². The van der Waals surface area contributed by atoms with Gasteiger partial charge >= 0.3 is 0 Å². The molecule has 1 amide bonds. The van der Waals surface area contributed by atoms with Crippen LogP contribution < -0.4 is 15.8 Å². The number of carbonyl (C=O) groups excluding carboxylic acids is 1. The van der Waals surface area contributed by atoms with Gasteiger partial charge in [-0.3, -0.25) is 15.2 Å². The van der Waals surface area contributed by atoms with E-state index < -0.39 is 0 Å². The molecule has 4 N–H and O–H groups in total. The molecule has 21 heavy (non-hydrogen) atoms. The monoisotopic (exact) mass is 282 g/mol. The number of hydrogen-bond donors (Lipinski definition) is 3. The van der Waals surface area contributed by atoms with Gasteiger partial charge in [0.25, 0.3) is 0 Å². The number of pyridine rings is 1. The second kappa shape index (κ2) is 5.24. The summed E-state index contributed by atoms with van der Waals surface area (Å²) in [6.45, 7) is 0. The maximum Gasteiger partial charge on any atom is 0.224 e. The van der Waals surface area contributed by atoms with E-state index in [-0.39, 0.29) is 11.7 Å². The van der Waals surface area contributed by atoms with Crippen molar-refractivity contribution < 1.29 is 9.53 Å². The lowest BCUT2D eigenvalue weighted by Gasteiger charge is -2.18. The number of amides is 1. The van der Waals surface area contributed by atoms with Gasteiger partial charge in [-0.2, -0.15) is 0 Å². The van der Waals surface area contributed by atoms with Crippen molar-refractivity contribution in [1.29, 1.82) is 5.41 Å². The Morgan fingerprint density at radius 3 is 3.00 bits per heavy atom. The summed E-state index contributed by atoms with van der Waals surface area (Å²) in [7, 11) is 0. The van der Waals surface area contributed by atoms with E-state index >= 15 is 0 Å². The molecule has 2 aromatic rings. The van der Waals surface area contributed by atoms with Gasteiger partial charge in [0.2, 0.25) is 5.91 Å². The molecule has 0 saturated heterocycles. The second-order valence-corrected chi connectivity index (χ2v) is 4.75. The Morgan fingerprint density at radius 2 is 2.19 bits per heavy atom. The van der Waals surface area contributed by atoms with Gasteiger partial charge in [-0.25, -0.2) is 0 Å². The van der Waals surface area contributed by atoms with Crippen molar-refractivity contribution in [2.24, 2.45) is 5.73 Å². The molecular formula is C15H14N4O2. The number of rotatable bonds is 3. The molecule has 0 unspecified atom stereocenters. The SMILES string of the molecule is N=C(N)c1ccncc1Oc1ccc2c(c1)CCC(=O)N2. The van der Waals surface area contributed by atoms with Crippen molar-refractivity contribution in [3.05, 3.63) is 47.8 Å². The third-order valence-corrected chi connectivity index (χ3v) is 3.27. The third kappa shape index (κ3) is 2.69. The lowest BCUT2D eigenvalue weighted by molar-refractivity contribution is -0.116. The molecule has 0 aliphatic carbocycles. The summed E-state index contributed by atoms with van der Waals surface area (Å²) >= 11 is 0. The average Bonchev–Trinajstić information content (AvgIpc) is 2.48. The predicted octanol–water partition coefficient (Wildman–Crippen LogP) is 2.04. The highest BCUT2D eigenvalue weighted by atomic mass is 16.5. The van der Waals surface area contributed by atoms with Gasteiger partial charge in [0.15, 0.2) is 5.75 Å². The number of nitrogens with one attached hydrogen (secondary N) is 2. The second-order valence-electron chi connectivity index (χ2n) is 4.75. The molecule has 6 heteroatoms. The zero-order valence-corrected chi connectivity index (χ0v) is 11.2. The summed E-state index contributed by atoms with van der Waals surface area (Å²) in [4.78, 5) is 15.3. The zero-order valence-electron chi connectivity index (χ0n) is 11.2. The molecule has 0 spiro atoms. The first kappa shape index (κ1) is 13.1. The highest BCUT2D eigenvalue weighted by Gasteiger charge is 2.16. The van der Waals surface area contributed by atoms with Crippen molar-refractivity contribution in [2.75, 3.05) is 5.32 Å². The van der Waals surface area contributed by atoms with Crippen LogP contribution >= 0.6 is 0 Å². The molecule has 106 valence electrons. The van der Waals surface area contributed by atoms with Crippen LogP contribution in [0.2, 0.25) is 0 Å². The van der Waals surface area contributed by atoms with Gasteiger partial charge in [-0.05, 0) is 36.2 Å². The first-order chi connectivity index (χ1) is 10.1. The van der Waals surface area contributed by atoms with Crippen molar-refractivity contribution in [3.8, 4) is 11.5 Å². The number of aryl methyl sites for hydroxylation is 1. The number of hydrogen-bond acceptors (Lipinski definition) is 4. The Morgan fingerprint density at radius 1 is 1.33 bits per heavy atom. The summed E-state index contributed by atoms with van der Waals surface area (Å²) < 4.78 is 5.77. The minimum atomic E-state index is -0.0716. The topological polar surface area (TPSA) is 101 Å². The number of ether oxygens (including phenoxy) is 1. The van der Waals surface area contributed by atoms with Crippen LogP contribution in [0.15, 0.2) is 36.7 Å². The summed E-state index contributed by atoms with van der Waals surface area (Å²) in [6.07, 6.45) is 4.25. The third-order valence-electron chi connectivity index (χ3n) is 3.27. The molecule has 1 aliphatic heterocycles. The molecule has 1 aromatic heterocycles. The number of carbonyl (C=O) groups is 1. The Kier molecular flexibility index (Phi) is 3.27. The van der Waals surface area contributed by atoms with Crippen LogP contribution in [0.1, 0.15) is 17.5 Å². The van der Waals surface area contributed by atoms with Gasteiger partial charge in [0, 0.05) is 18.3 Å². The fourth-order valence-corrected chi connectivity index (χ4v) is 2.23. The molecule has 0 saturated carbocycles. The smallest absolute Gasteiger partial charge is 0.224 e. The van der Waals surface area contributed by atoms with Gasteiger partial charge in [0.05, 0.1) is 11.8 Å². The number of nitrogens with zero attached hydrogens (tertiary/aromatic N) is 1. The van der Waals surface area contributed by atoms with E-state index in [9.17, 15) is 4.79 Å². The summed E-state index contributed by atoms with van der Waals surface area (Å²) in [5.74, 6) is 1.02. The van der Waals surface area contributed by atoms with Crippen molar-refractivity contribution in [1.82, 2.24) is 4.98 Å². The Hall–Kier alpha value is -2.89. The number of benzene rings is 1. The molecule has 6 nitrogen and oxygen atoms in total. The molecule has 3 rings (SSSR count). The van der Waals surface area contributed by atoms with Gasteiger partial charge in [-0.15, -0.1) is 0 Å². The quantitative estimate of drug-likeness (QED) is 0.592. The number of anilines is 1. The van der Waals surface area contributed by atoms with E-state index in [1.165, 1.54) is 6.20 Å². The zero-order chi connectivity index (χ0) is 14.8. The van der Waals surface area contributed by atoms with Crippen LogP contribution in [-0.4, -0.2) is 16.7 Å². The van der Waals surface area contributed by atoms with E-state index in [0.29, 0.717) is 29.9 Å². The van der Waals surface area contributed by atoms with Gasteiger partial charge in [0.1, 0.15) is 11.6 Å². The maximum absolute atomic E-state index is 11.3. The van der Waals surface area contributed by atoms with E-state index in [1.54, 1.807) is 18.3 Å². The Balaban J connectivity index is 1.89. The highest BCUT2D eigenvalue weighted by Crippen LogP contribution is 2.30. The first-order valence-electron chi connectivity index (χ1n) is 6.52. The van der Waals surface area contributed by atoms with Crippen LogP contribution in [0.3, 0.4) is 0 Å². The van der Waals surface area contributed by atoms with Crippen LogP contribution in [0.25, 0.3) is 0 Å². The fraction of sp³-hybridized carbons (Fsp3) is 0.133.